The fourth-order valence-electron chi connectivity index (χ4n) is 4.05. The third kappa shape index (κ3) is 8.38. The number of ether oxygens (including phenoxy) is 1. The zero-order valence-corrected chi connectivity index (χ0v) is 19.6. The number of hydrogen-bond acceptors (Lipinski definition) is 2. The highest BCUT2D eigenvalue weighted by Crippen LogP contribution is 2.30. The largest absolute Gasteiger partial charge is 0.481 e. The number of rotatable bonds is 16. The molecule has 176 valence electrons. The van der Waals surface area contributed by atoms with Crippen molar-refractivity contribution in [3.8, 4) is 11.1 Å². The van der Waals surface area contributed by atoms with E-state index in [1.54, 1.807) is 12.1 Å². The number of carboxylic acids is 1. The molecule has 3 atom stereocenters. The van der Waals surface area contributed by atoms with Crippen molar-refractivity contribution in [1.29, 1.82) is 0 Å². The van der Waals surface area contributed by atoms with E-state index < -0.39 is 24.2 Å². The van der Waals surface area contributed by atoms with Gasteiger partial charge in [0, 0.05) is 6.61 Å². The highest BCUT2D eigenvalue weighted by Gasteiger charge is 2.36. The van der Waals surface area contributed by atoms with Crippen molar-refractivity contribution in [2.75, 3.05) is 6.61 Å². The van der Waals surface area contributed by atoms with Gasteiger partial charge in [0.25, 0.3) is 0 Å². The Balaban J connectivity index is 2.04. The smallest absolute Gasteiger partial charge is 0.314 e. The van der Waals surface area contributed by atoms with Crippen LogP contribution in [0.5, 0.6) is 0 Å². The fourth-order valence-corrected chi connectivity index (χ4v) is 4.05. The predicted octanol–water partition coefficient (Wildman–Crippen LogP) is 7.80. The average molecular weight is 443 g/mol. The third-order valence-corrected chi connectivity index (χ3v) is 5.99. The van der Waals surface area contributed by atoms with Gasteiger partial charge in [0.1, 0.15) is 12.1 Å². The molecule has 0 fully saturated rings. The Bertz CT molecular complexity index is 760. The maximum absolute atomic E-state index is 15.6. The standard InChI is InChI=1S/C28H39FO3/c1-3-5-7-8-9-13-21-32-25(16-6-4-2)27(29)26(28(30)31)24-19-17-23(18-20-24)22-14-11-10-12-15-22/h10-12,14-15,17-20,25-27H,3-9,13,16,21H2,1-2H3,(H,30,31). The van der Waals surface area contributed by atoms with Crippen LogP contribution in [0.4, 0.5) is 4.39 Å². The fraction of sp³-hybridized carbons (Fsp3) is 0.536. The van der Waals surface area contributed by atoms with Crippen molar-refractivity contribution in [2.24, 2.45) is 0 Å². The van der Waals surface area contributed by atoms with Gasteiger partial charge in [0.2, 0.25) is 0 Å². The Morgan fingerprint density at radius 2 is 1.44 bits per heavy atom. The molecule has 0 radical (unpaired) electrons. The molecule has 4 heteroatoms. The molecule has 0 bridgehead atoms. The molecule has 3 unspecified atom stereocenters. The normalized spacial score (nSPS) is 14.1. The second-order valence-corrected chi connectivity index (χ2v) is 8.57. The lowest BCUT2D eigenvalue weighted by molar-refractivity contribution is -0.143. The molecule has 0 aliphatic carbocycles. The van der Waals surface area contributed by atoms with Crippen LogP contribution in [0, 0.1) is 0 Å². The van der Waals surface area contributed by atoms with Gasteiger partial charge in [-0.1, -0.05) is 113 Å². The average Bonchev–Trinajstić information content (AvgIpc) is 2.81. The minimum Gasteiger partial charge on any atom is -0.481 e. The van der Waals surface area contributed by atoms with Gasteiger partial charge in [-0.05, 0) is 29.5 Å². The van der Waals surface area contributed by atoms with E-state index >= 15 is 4.39 Å². The van der Waals surface area contributed by atoms with E-state index in [1.807, 2.05) is 42.5 Å². The lowest BCUT2D eigenvalue weighted by Gasteiger charge is -2.26. The Morgan fingerprint density at radius 1 is 0.844 bits per heavy atom. The second kappa shape index (κ2) is 14.8. The first kappa shape index (κ1) is 26.1. The summed E-state index contributed by atoms with van der Waals surface area (Å²) in [6, 6.07) is 17.1. The third-order valence-electron chi connectivity index (χ3n) is 5.99. The molecule has 2 rings (SSSR count). The van der Waals surface area contributed by atoms with E-state index in [1.165, 1.54) is 25.7 Å². The van der Waals surface area contributed by atoms with Crippen LogP contribution in [0.3, 0.4) is 0 Å². The maximum atomic E-state index is 15.6. The van der Waals surface area contributed by atoms with Gasteiger partial charge >= 0.3 is 5.97 Å². The Kier molecular flexibility index (Phi) is 12.0. The quantitative estimate of drug-likeness (QED) is 0.270. The lowest BCUT2D eigenvalue weighted by atomic mass is 9.88. The summed E-state index contributed by atoms with van der Waals surface area (Å²) in [7, 11) is 0. The first-order valence-corrected chi connectivity index (χ1v) is 12.2. The number of carbonyl (C=O) groups is 1. The van der Waals surface area contributed by atoms with Gasteiger partial charge in [0.05, 0.1) is 6.10 Å². The number of carboxylic acid groups (broad SMARTS) is 1. The van der Waals surface area contributed by atoms with Crippen LogP contribution in [0.15, 0.2) is 54.6 Å². The monoisotopic (exact) mass is 442 g/mol. The minimum atomic E-state index is -1.58. The summed E-state index contributed by atoms with van der Waals surface area (Å²) < 4.78 is 21.5. The highest BCUT2D eigenvalue weighted by molar-refractivity contribution is 5.77. The molecule has 0 amide bonds. The van der Waals surface area contributed by atoms with Crippen LogP contribution >= 0.6 is 0 Å². The van der Waals surface area contributed by atoms with Crippen molar-refractivity contribution in [3.63, 3.8) is 0 Å². The van der Waals surface area contributed by atoms with Crippen LogP contribution in [-0.2, 0) is 9.53 Å². The molecular formula is C28H39FO3. The van der Waals surface area contributed by atoms with Crippen LogP contribution in [-0.4, -0.2) is 30.0 Å². The number of hydrogen-bond donors (Lipinski definition) is 1. The SMILES string of the molecule is CCCCCCCCOC(CCCC)C(F)C(C(=O)O)c1ccc(-c2ccccc2)cc1. The summed E-state index contributed by atoms with van der Waals surface area (Å²) in [5, 5.41) is 9.85. The lowest BCUT2D eigenvalue weighted by Crippen LogP contribution is -2.35. The maximum Gasteiger partial charge on any atom is 0.314 e. The van der Waals surface area contributed by atoms with Crippen LogP contribution < -0.4 is 0 Å². The molecule has 2 aromatic rings. The van der Waals surface area contributed by atoms with Crippen molar-refractivity contribution >= 4 is 5.97 Å². The van der Waals surface area contributed by atoms with E-state index in [4.69, 9.17) is 4.74 Å². The van der Waals surface area contributed by atoms with E-state index in [0.717, 1.165) is 36.8 Å². The minimum absolute atomic E-state index is 0.481. The molecule has 0 aliphatic heterocycles. The molecular weight excluding hydrogens is 403 g/mol. The Morgan fingerprint density at radius 3 is 2.06 bits per heavy atom. The van der Waals surface area contributed by atoms with Gasteiger partial charge in [-0.3, -0.25) is 4.79 Å². The molecule has 0 aliphatic rings. The van der Waals surface area contributed by atoms with Crippen molar-refractivity contribution in [2.45, 2.75) is 89.8 Å². The van der Waals surface area contributed by atoms with Crippen LogP contribution in [0.25, 0.3) is 11.1 Å². The topological polar surface area (TPSA) is 46.5 Å². The summed E-state index contributed by atoms with van der Waals surface area (Å²) in [5.74, 6) is -2.37. The molecule has 3 nitrogen and oxygen atoms in total. The highest BCUT2D eigenvalue weighted by atomic mass is 19.1. The molecule has 0 saturated carbocycles. The predicted molar refractivity (Wildman–Crippen MR) is 130 cm³/mol. The van der Waals surface area contributed by atoms with Gasteiger partial charge < -0.3 is 9.84 Å². The zero-order valence-electron chi connectivity index (χ0n) is 19.6. The van der Waals surface area contributed by atoms with Gasteiger partial charge in [-0.2, -0.15) is 0 Å². The van der Waals surface area contributed by atoms with Crippen molar-refractivity contribution in [3.05, 3.63) is 60.2 Å². The number of alkyl halides is 1. The summed E-state index contributed by atoms with van der Waals surface area (Å²) in [5.41, 5.74) is 2.51. The van der Waals surface area contributed by atoms with Gasteiger partial charge in [-0.25, -0.2) is 4.39 Å². The first-order chi connectivity index (χ1) is 15.6. The number of aliphatic carboxylic acids is 1. The molecule has 0 heterocycles. The molecule has 2 aromatic carbocycles. The van der Waals surface area contributed by atoms with E-state index in [0.29, 0.717) is 18.6 Å². The molecule has 32 heavy (non-hydrogen) atoms. The second-order valence-electron chi connectivity index (χ2n) is 8.57. The molecule has 0 aromatic heterocycles. The van der Waals surface area contributed by atoms with Gasteiger partial charge in [-0.15, -0.1) is 0 Å². The van der Waals surface area contributed by atoms with E-state index in [9.17, 15) is 9.90 Å². The zero-order chi connectivity index (χ0) is 23.2. The van der Waals surface area contributed by atoms with Crippen LogP contribution in [0.2, 0.25) is 0 Å². The Labute approximate surface area is 193 Å². The van der Waals surface area contributed by atoms with Crippen LogP contribution in [0.1, 0.15) is 83.1 Å². The van der Waals surface area contributed by atoms with Gasteiger partial charge in [0.15, 0.2) is 0 Å². The summed E-state index contributed by atoms with van der Waals surface area (Å²) in [6.07, 6.45) is 6.82. The number of halogens is 1. The van der Waals surface area contributed by atoms with E-state index in [-0.39, 0.29) is 0 Å². The van der Waals surface area contributed by atoms with Crippen molar-refractivity contribution in [1.82, 2.24) is 0 Å². The number of benzene rings is 2. The summed E-state index contributed by atoms with van der Waals surface area (Å²) >= 11 is 0. The number of unbranched alkanes of at least 4 members (excludes halogenated alkanes) is 6. The Hall–Kier alpha value is -2.20. The van der Waals surface area contributed by atoms with E-state index in [2.05, 4.69) is 13.8 Å². The molecule has 0 saturated heterocycles. The first-order valence-electron chi connectivity index (χ1n) is 12.2. The summed E-state index contributed by atoms with van der Waals surface area (Å²) in [6.45, 7) is 4.73. The van der Waals surface area contributed by atoms with Crippen molar-refractivity contribution < 1.29 is 19.0 Å². The summed E-state index contributed by atoms with van der Waals surface area (Å²) in [4.78, 5) is 12.1. The molecule has 1 N–H and O–H groups in total. The molecule has 0 spiro atoms.